The van der Waals surface area contributed by atoms with Crippen molar-refractivity contribution in [3.05, 3.63) is 24.3 Å². The summed E-state index contributed by atoms with van der Waals surface area (Å²) in [5.74, 6) is 0.857. The molecule has 0 aromatic heterocycles. The van der Waals surface area contributed by atoms with Crippen molar-refractivity contribution in [2.24, 2.45) is 0 Å². The second-order valence-electron chi connectivity index (χ2n) is 6.97. The number of fused-ring (bicyclic) bond motifs is 2. The molecular weight excluding hydrogens is 318 g/mol. The molecule has 4 nitrogen and oxygen atoms in total. The van der Waals surface area contributed by atoms with E-state index in [0.717, 1.165) is 28.6 Å². The Hall–Kier alpha value is -1.33. The molecule has 132 valence electrons. The van der Waals surface area contributed by atoms with Gasteiger partial charge in [-0.25, -0.2) is 0 Å². The van der Waals surface area contributed by atoms with Gasteiger partial charge in [-0.2, -0.15) is 0 Å². The molecule has 2 bridgehead atoms. The van der Waals surface area contributed by atoms with Crippen molar-refractivity contribution in [3.8, 4) is 5.75 Å². The summed E-state index contributed by atoms with van der Waals surface area (Å²) in [6.45, 7) is 3.53. The summed E-state index contributed by atoms with van der Waals surface area (Å²) in [6, 6.07) is 9.83. The molecule has 5 heteroatoms. The molecule has 1 aromatic rings. The number of piperidine rings is 2. The van der Waals surface area contributed by atoms with Crippen LogP contribution in [0.4, 0.5) is 5.69 Å². The lowest BCUT2D eigenvalue weighted by atomic mass is 9.81. The Bertz CT molecular complexity index is 534. The van der Waals surface area contributed by atoms with Crippen molar-refractivity contribution in [1.29, 1.82) is 0 Å². The Morgan fingerprint density at radius 1 is 1.21 bits per heavy atom. The fourth-order valence-corrected chi connectivity index (χ4v) is 4.53. The zero-order chi connectivity index (χ0) is 16.9. The Morgan fingerprint density at radius 3 is 2.46 bits per heavy atom. The van der Waals surface area contributed by atoms with Crippen molar-refractivity contribution >= 4 is 23.0 Å². The third-order valence-electron chi connectivity index (χ3n) is 5.29. The molecule has 24 heavy (non-hydrogen) atoms. The Morgan fingerprint density at radius 2 is 1.88 bits per heavy atom. The smallest absolute Gasteiger partial charge is 0.170 e. The van der Waals surface area contributed by atoms with E-state index in [1.54, 1.807) is 7.11 Å². The van der Waals surface area contributed by atoms with Gasteiger partial charge in [-0.15, -0.1) is 0 Å². The number of nitrogens with zero attached hydrogens (tertiary/aromatic N) is 1. The first kappa shape index (κ1) is 17.5. The number of anilines is 1. The molecule has 0 spiro atoms. The number of nitrogens with one attached hydrogen (secondary N) is 2. The lowest BCUT2D eigenvalue weighted by Crippen LogP contribution is -2.57. The van der Waals surface area contributed by atoms with E-state index >= 15 is 0 Å². The van der Waals surface area contributed by atoms with Crippen LogP contribution in [0.3, 0.4) is 0 Å². The average molecular weight is 348 g/mol. The minimum absolute atomic E-state index is 0.492. The lowest BCUT2D eigenvalue weighted by molar-refractivity contribution is 0.0284. The number of rotatable bonds is 5. The van der Waals surface area contributed by atoms with Crippen LogP contribution >= 0.6 is 12.2 Å². The van der Waals surface area contributed by atoms with Gasteiger partial charge in [0.05, 0.1) is 7.11 Å². The van der Waals surface area contributed by atoms with Crippen molar-refractivity contribution in [1.82, 2.24) is 10.2 Å². The van der Waals surface area contributed by atoms with E-state index in [2.05, 4.69) is 22.5 Å². The van der Waals surface area contributed by atoms with Crippen LogP contribution in [0.15, 0.2) is 24.3 Å². The summed E-state index contributed by atoms with van der Waals surface area (Å²) >= 11 is 5.52. The van der Waals surface area contributed by atoms with Crippen molar-refractivity contribution in [2.75, 3.05) is 19.0 Å². The minimum atomic E-state index is 0.492. The summed E-state index contributed by atoms with van der Waals surface area (Å²) < 4.78 is 5.19. The summed E-state index contributed by atoms with van der Waals surface area (Å²) in [7, 11) is 1.68. The quantitative estimate of drug-likeness (QED) is 0.793. The molecule has 0 aliphatic carbocycles. The molecular formula is C19H29N3OS. The van der Waals surface area contributed by atoms with Crippen LogP contribution in [0.25, 0.3) is 0 Å². The van der Waals surface area contributed by atoms with Crippen LogP contribution in [0.5, 0.6) is 5.75 Å². The monoisotopic (exact) mass is 347 g/mol. The Labute approximate surface area is 150 Å². The highest BCUT2D eigenvalue weighted by molar-refractivity contribution is 7.80. The first-order valence-electron chi connectivity index (χ1n) is 9.17. The van der Waals surface area contributed by atoms with Gasteiger partial charge in [0.2, 0.25) is 0 Å². The number of ether oxygens (including phenoxy) is 1. The van der Waals surface area contributed by atoms with Crippen molar-refractivity contribution < 1.29 is 4.74 Å². The summed E-state index contributed by atoms with van der Waals surface area (Å²) in [5.41, 5.74) is 0.997. The molecule has 2 saturated heterocycles. The van der Waals surface area contributed by atoms with Crippen molar-refractivity contribution in [3.63, 3.8) is 0 Å². The molecule has 0 amide bonds. The second-order valence-corrected chi connectivity index (χ2v) is 7.38. The van der Waals surface area contributed by atoms with Gasteiger partial charge in [0.25, 0.3) is 0 Å². The number of methoxy groups -OCH3 is 1. The SMILES string of the molecule is CCCN1[C@H]2CCC[C@H]1CC(NC(=S)Nc1ccc(OC)cc1)C2. The van der Waals surface area contributed by atoms with E-state index < -0.39 is 0 Å². The van der Waals surface area contributed by atoms with E-state index in [1.807, 2.05) is 24.3 Å². The van der Waals surface area contributed by atoms with Crippen LogP contribution < -0.4 is 15.4 Å². The van der Waals surface area contributed by atoms with E-state index in [4.69, 9.17) is 17.0 Å². The van der Waals surface area contributed by atoms with Gasteiger partial charge in [0.15, 0.2) is 5.11 Å². The topological polar surface area (TPSA) is 36.5 Å². The molecule has 0 unspecified atom stereocenters. The van der Waals surface area contributed by atoms with Crippen LogP contribution in [0.2, 0.25) is 0 Å². The third kappa shape index (κ3) is 4.19. The highest BCUT2D eigenvalue weighted by Crippen LogP contribution is 2.34. The summed E-state index contributed by atoms with van der Waals surface area (Å²) in [5, 5.41) is 7.57. The fourth-order valence-electron chi connectivity index (χ4n) is 4.25. The standard InChI is InChI=1S/C19H29N3OS/c1-3-11-22-16-5-4-6-17(22)13-15(12-16)21-19(24)20-14-7-9-18(23-2)10-8-14/h7-10,15-17H,3-6,11-13H2,1-2H3,(H2,20,21,24)/t16-,17-/m0/s1. The lowest BCUT2D eigenvalue weighted by Gasteiger charge is -2.49. The minimum Gasteiger partial charge on any atom is -0.497 e. The molecule has 2 N–H and O–H groups in total. The van der Waals surface area contributed by atoms with Gasteiger partial charge in [-0.05, 0) is 75.1 Å². The first-order valence-corrected chi connectivity index (χ1v) is 9.57. The Balaban J connectivity index is 1.53. The molecule has 1 aromatic carbocycles. The highest BCUT2D eigenvalue weighted by Gasteiger charge is 2.37. The fraction of sp³-hybridized carbons (Fsp3) is 0.632. The van der Waals surface area contributed by atoms with E-state index in [-0.39, 0.29) is 0 Å². The van der Waals surface area contributed by atoms with Gasteiger partial charge in [0, 0.05) is 23.8 Å². The molecule has 0 saturated carbocycles. The van der Waals surface area contributed by atoms with Crippen molar-refractivity contribution in [2.45, 2.75) is 63.6 Å². The molecule has 2 aliphatic heterocycles. The number of thiocarbonyl (C=S) groups is 1. The summed E-state index contributed by atoms with van der Waals surface area (Å²) in [6.07, 6.45) is 7.74. The predicted octanol–water partition coefficient (Wildman–Crippen LogP) is 3.78. The molecule has 3 rings (SSSR count). The largest absolute Gasteiger partial charge is 0.497 e. The van der Waals surface area contributed by atoms with E-state index in [0.29, 0.717) is 6.04 Å². The number of hydrogen-bond acceptors (Lipinski definition) is 3. The maximum atomic E-state index is 5.52. The zero-order valence-corrected chi connectivity index (χ0v) is 15.6. The average Bonchev–Trinajstić information content (AvgIpc) is 2.56. The molecule has 0 radical (unpaired) electrons. The van der Waals surface area contributed by atoms with Gasteiger partial charge in [0.1, 0.15) is 5.75 Å². The zero-order valence-electron chi connectivity index (χ0n) is 14.8. The molecule has 2 atom stereocenters. The number of benzene rings is 1. The van der Waals surface area contributed by atoms with Crippen LogP contribution in [0, 0.1) is 0 Å². The molecule has 2 aliphatic rings. The molecule has 2 heterocycles. The van der Waals surface area contributed by atoms with Crippen LogP contribution in [-0.2, 0) is 0 Å². The highest BCUT2D eigenvalue weighted by atomic mass is 32.1. The third-order valence-corrected chi connectivity index (χ3v) is 5.51. The second kappa shape index (κ2) is 8.17. The predicted molar refractivity (Wildman–Crippen MR) is 104 cm³/mol. The maximum Gasteiger partial charge on any atom is 0.170 e. The summed E-state index contributed by atoms with van der Waals surface area (Å²) in [4.78, 5) is 2.75. The van der Waals surface area contributed by atoms with Gasteiger partial charge in [-0.3, -0.25) is 4.90 Å². The molecule has 2 fully saturated rings. The maximum absolute atomic E-state index is 5.52. The van der Waals surface area contributed by atoms with E-state index in [1.165, 1.54) is 45.1 Å². The van der Waals surface area contributed by atoms with Gasteiger partial charge >= 0.3 is 0 Å². The van der Waals surface area contributed by atoms with Gasteiger partial charge < -0.3 is 15.4 Å². The first-order chi connectivity index (χ1) is 11.7. The number of hydrogen-bond donors (Lipinski definition) is 2. The van der Waals surface area contributed by atoms with E-state index in [9.17, 15) is 0 Å². The van der Waals surface area contributed by atoms with Gasteiger partial charge in [-0.1, -0.05) is 13.3 Å². The van der Waals surface area contributed by atoms with Crippen LogP contribution in [-0.4, -0.2) is 41.8 Å². The Kier molecular flexibility index (Phi) is 5.95. The van der Waals surface area contributed by atoms with Crippen LogP contribution in [0.1, 0.15) is 45.4 Å². The normalized spacial score (nSPS) is 26.7.